The van der Waals surface area contributed by atoms with E-state index in [0.29, 0.717) is 5.69 Å². The van der Waals surface area contributed by atoms with Crippen molar-refractivity contribution in [3.63, 3.8) is 0 Å². The molecule has 5 nitrogen and oxygen atoms in total. The Labute approximate surface area is 139 Å². The van der Waals surface area contributed by atoms with E-state index < -0.39 is 10.8 Å². The molecule has 23 heavy (non-hydrogen) atoms. The fourth-order valence-electron chi connectivity index (χ4n) is 2.29. The van der Waals surface area contributed by atoms with E-state index in [1.807, 2.05) is 38.3 Å². The molecule has 0 atom stereocenters. The van der Waals surface area contributed by atoms with Crippen molar-refractivity contribution in [3.8, 4) is 0 Å². The molecule has 0 unspecified atom stereocenters. The molecule has 0 aliphatic rings. The SMILES string of the molecule is CSc1ccc([N+](=O)[O-])c(C(=O)Nc2ccccc2C(C)C)c1. The summed E-state index contributed by atoms with van der Waals surface area (Å²) in [6.45, 7) is 4.06. The van der Waals surface area contributed by atoms with E-state index in [-0.39, 0.29) is 17.2 Å². The van der Waals surface area contributed by atoms with E-state index in [1.165, 1.54) is 17.8 Å². The van der Waals surface area contributed by atoms with E-state index in [2.05, 4.69) is 5.32 Å². The first-order chi connectivity index (χ1) is 10.9. The second-order valence-corrected chi connectivity index (χ2v) is 6.22. The van der Waals surface area contributed by atoms with Gasteiger partial charge in [-0.25, -0.2) is 0 Å². The van der Waals surface area contributed by atoms with Gasteiger partial charge >= 0.3 is 0 Å². The van der Waals surface area contributed by atoms with E-state index >= 15 is 0 Å². The smallest absolute Gasteiger partial charge is 0.282 e. The number of thioether (sulfide) groups is 1. The topological polar surface area (TPSA) is 72.2 Å². The summed E-state index contributed by atoms with van der Waals surface area (Å²) in [6.07, 6.45) is 1.86. The third-order valence-electron chi connectivity index (χ3n) is 3.48. The number of nitrogens with one attached hydrogen (secondary N) is 1. The number of carbonyl (C=O) groups is 1. The van der Waals surface area contributed by atoms with Crippen molar-refractivity contribution in [1.82, 2.24) is 0 Å². The number of hydrogen-bond donors (Lipinski definition) is 1. The number of benzene rings is 2. The quantitative estimate of drug-likeness (QED) is 0.490. The molecule has 0 aliphatic heterocycles. The molecular formula is C17H18N2O3S. The molecule has 0 bridgehead atoms. The molecule has 2 aromatic carbocycles. The lowest BCUT2D eigenvalue weighted by atomic mass is 10.0. The molecule has 0 aromatic heterocycles. The molecule has 1 N–H and O–H groups in total. The minimum atomic E-state index is -0.534. The molecule has 0 heterocycles. The molecule has 0 fully saturated rings. The number of nitro groups is 1. The molecule has 120 valence electrons. The number of hydrogen-bond acceptors (Lipinski definition) is 4. The Morgan fingerprint density at radius 2 is 1.91 bits per heavy atom. The van der Waals surface area contributed by atoms with E-state index in [9.17, 15) is 14.9 Å². The first-order valence-corrected chi connectivity index (χ1v) is 8.39. The summed E-state index contributed by atoms with van der Waals surface area (Å²) in [5.41, 5.74) is 1.55. The molecule has 0 saturated heterocycles. The van der Waals surface area contributed by atoms with Gasteiger partial charge in [0, 0.05) is 16.6 Å². The number of carbonyl (C=O) groups excluding carboxylic acids is 1. The van der Waals surface area contributed by atoms with Crippen LogP contribution in [0, 0.1) is 10.1 Å². The Morgan fingerprint density at radius 1 is 1.22 bits per heavy atom. The first-order valence-electron chi connectivity index (χ1n) is 7.16. The molecule has 6 heteroatoms. The van der Waals surface area contributed by atoms with Gasteiger partial charge in [-0.1, -0.05) is 32.0 Å². The predicted molar refractivity (Wildman–Crippen MR) is 93.4 cm³/mol. The molecule has 2 rings (SSSR count). The summed E-state index contributed by atoms with van der Waals surface area (Å²) in [5, 5.41) is 14.0. The van der Waals surface area contributed by atoms with Crippen LogP contribution in [0.3, 0.4) is 0 Å². The van der Waals surface area contributed by atoms with Crippen molar-refractivity contribution in [2.75, 3.05) is 11.6 Å². The average molecular weight is 330 g/mol. The van der Waals surface area contributed by atoms with Crippen LogP contribution in [0.1, 0.15) is 35.7 Å². The molecular weight excluding hydrogens is 312 g/mol. The van der Waals surface area contributed by atoms with Crippen LogP contribution < -0.4 is 5.32 Å². The van der Waals surface area contributed by atoms with E-state index in [1.54, 1.807) is 18.2 Å². The Bertz CT molecular complexity index is 744. The van der Waals surface area contributed by atoms with Gasteiger partial charge in [0.15, 0.2) is 0 Å². The average Bonchev–Trinajstić information content (AvgIpc) is 2.54. The minimum Gasteiger partial charge on any atom is -0.322 e. The van der Waals surface area contributed by atoms with Crippen LogP contribution in [0.2, 0.25) is 0 Å². The molecule has 0 radical (unpaired) electrons. The highest BCUT2D eigenvalue weighted by Crippen LogP contribution is 2.28. The van der Waals surface area contributed by atoms with Crippen molar-refractivity contribution < 1.29 is 9.72 Å². The molecule has 1 amide bonds. The zero-order valence-corrected chi connectivity index (χ0v) is 14.0. The van der Waals surface area contributed by atoms with Gasteiger partial charge in [0.2, 0.25) is 0 Å². The third-order valence-corrected chi connectivity index (χ3v) is 4.20. The van der Waals surface area contributed by atoms with Gasteiger partial charge in [-0.3, -0.25) is 14.9 Å². The number of rotatable bonds is 5. The fourth-order valence-corrected chi connectivity index (χ4v) is 2.73. The Balaban J connectivity index is 2.40. The number of anilines is 1. The summed E-state index contributed by atoms with van der Waals surface area (Å²) < 4.78 is 0. The summed E-state index contributed by atoms with van der Waals surface area (Å²) in [6, 6.07) is 12.0. The van der Waals surface area contributed by atoms with Crippen LogP contribution in [0.25, 0.3) is 0 Å². The number of para-hydroxylation sites is 1. The zero-order valence-electron chi connectivity index (χ0n) is 13.2. The van der Waals surface area contributed by atoms with Crippen LogP contribution in [0.15, 0.2) is 47.4 Å². The van der Waals surface area contributed by atoms with Gasteiger partial charge in [0.25, 0.3) is 11.6 Å². The van der Waals surface area contributed by atoms with Crippen molar-refractivity contribution in [3.05, 3.63) is 63.7 Å². The van der Waals surface area contributed by atoms with Crippen LogP contribution in [0.5, 0.6) is 0 Å². The maximum atomic E-state index is 12.6. The van der Waals surface area contributed by atoms with Crippen LogP contribution in [0.4, 0.5) is 11.4 Å². The second kappa shape index (κ2) is 7.28. The van der Waals surface area contributed by atoms with Gasteiger partial charge in [-0.15, -0.1) is 11.8 Å². The predicted octanol–water partition coefficient (Wildman–Crippen LogP) is 4.69. The monoisotopic (exact) mass is 330 g/mol. The largest absolute Gasteiger partial charge is 0.322 e. The first kappa shape index (κ1) is 17.0. The number of nitrogens with zero attached hydrogens (tertiary/aromatic N) is 1. The minimum absolute atomic E-state index is 0.0698. The van der Waals surface area contributed by atoms with Crippen LogP contribution in [-0.4, -0.2) is 17.1 Å². The van der Waals surface area contributed by atoms with Crippen LogP contribution in [-0.2, 0) is 0 Å². The molecule has 0 saturated carbocycles. The lowest BCUT2D eigenvalue weighted by Crippen LogP contribution is -2.15. The molecule has 2 aromatic rings. The Hall–Kier alpha value is -2.34. The number of amides is 1. The summed E-state index contributed by atoms with van der Waals surface area (Å²) in [5.74, 6) is -0.236. The van der Waals surface area contributed by atoms with Gasteiger partial charge in [-0.05, 0) is 35.9 Å². The lowest BCUT2D eigenvalue weighted by Gasteiger charge is -2.14. The van der Waals surface area contributed by atoms with Gasteiger partial charge < -0.3 is 5.32 Å². The second-order valence-electron chi connectivity index (χ2n) is 5.34. The summed E-state index contributed by atoms with van der Waals surface area (Å²) >= 11 is 1.43. The highest BCUT2D eigenvalue weighted by Gasteiger charge is 2.21. The summed E-state index contributed by atoms with van der Waals surface area (Å²) in [4.78, 5) is 24.0. The van der Waals surface area contributed by atoms with Crippen molar-refractivity contribution in [1.29, 1.82) is 0 Å². The molecule has 0 aliphatic carbocycles. The van der Waals surface area contributed by atoms with Crippen LogP contribution >= 0.6 is 11.8 Å². The standard InChI is InChI=1S/C17H18N2O3S/c1-11(2)13-6-4-5-7-15(13)18-17(20)14-10-12(23-3)8-9-16(14)19(21)22/h4-11H,1-3H3,(H,18,20). The number of nitro benzene ring substituents is 1. The maximum absolute atomic E-state index is 12.6. The fraction of sp³-hybridized carbons (Fsp3) is 0.235. The Kier molecular flexibility index (Phi) is 5.39. The lowest BCUT2D eigenvalue weighted by molar-refractivity contribution is -0.385. The van der Waals surface area contributed by atoms with Gasteiger partial charge in [0.1, 0.15) is 5.56 Å². The Morgan fingerprint density at radius 3 is 2.52 bits per heavy atom. The summed E-state index contributed by atoms with van der Waals surface area (Å²) in [7, 11) is 0. The van der Waals surface area contributed by atoms with Gasteiger partial charge in [0.05, 0.1) is 4.92 Å². The van der Waals surface area contributed by atoms with Crippen molar-refractivity contribution in [2.24, 2.45) is 0 Å². The molecule has 0 spiro atoms. The normalized spacial score (nSPS) is 10.6. The van der Waals surface area contributed by atoms with Crippen molar-refractivity contribution >= 4 is 29.0 Å². The van der Waals surface area contributed by atoms with Crippen molar-refractivity contribution in [2.45, 2.75) is 24.7 Å². The highest BCUT2D eigenvalue weighted by molar-refractivity contribution is 7.98. The van der Waals surface area contributed by atoms with Gasteiger partial charge in [-0.2, -0.15) is 0 Å². The third kappa shape index (κ3) is 3.90. The maximum Gasteiger partial charge on any atom is 0.282 e. The van der Waals surface area contributed by atoms with E-state index in [4.69, 9.17) is 0 Å². The zero-order chi connectivity index (χ0) is 17.0. The van der Waals surface area contributed by atoms with E-state index in [0.717, 1.165) is 10.5 Å². The highest BCUT2D eigenvalue weighted by atomic mass is 32.2.